The first-order valence-electron chi connectivity index (χ1n) is 6.89. The Labute approximate surface area is 138 Å². The van der Waals surface area contributed by atoms with E-state index in [0.29, 0.717) is 5.01 Å². The number of nitrogens with zero attached hydrogens (tertiary/aromatic N) is 2. The topological polar surface area (TPSA) is 95.1 Å². The predicted molar refractivity (Wildman–Crippen MR) is 78.1 cm³/mol. The Morgan fingerprint density at radius 1 is 1.24 bits per heavy atom. The average Bonchev–Trinajstić information content (AvgIpc) is 3.11. The number of hydrogen-bond acceptors (Lipinski definition) is 5. The van der Waals surface area contributed by atoms with Crippen LogP contribution in [-0.4, -0.2) is 34.5 Å². The van der Waals surface area contributed by atoms with Gasteiger partial charge in [-0.1, -0.05) is 12.1 Å². The highest BCUT2D eigenvalue weighted by Gasteiger charge is 2.37. The Morgan fingerprint density at radius 2 is 2.00 bits per heavy atom. The smallest absolute Gasteiger partial charge is 0.416 e. The number of hydrogen-bond donors (Lipinski definition) is 2. The molecule has 1 atom stereocenters. The molecule has 1 saturated heterocycles. The minimum Gasteiger partial charge on any atom is -0.455 e. The Hall–Kier alpha value is -3.14. The molecule has 7 nitrogen and oxygen atoms in total. The number of urea groups is 1. The fourth-order valence-electron chi connectivity index (χ4n) is 2.11. The fourth-order valence-corrected chi connectivity index (χ4v) is 2.11. The van der Waals surface area contributed by atoms with Crippen LogP contribution in [0.4, 0.5) is 18.0 Å². The molecule has 1 aliphatic rings. The maximum Gasteiger partial charge on any atom is 0.416 e. The van der Waals surface area contributed by atoms with Gasteiger partial charge in [0, 0.05) is 5.56 Å². The molecule has 10 heteroatoms. The van der Waals surface area contributed by atoms with Gasteiger partial charge in [-0.05, 0) is 24.3 Å². The third-order valence-corrected chi connectivity index (χ3v) is 3.31. The second-order valence-corrected chi connectivity index (χ2v) is 5.04. The van der Waals surface area contributed by atoms with Crippen molar-refractivity contribution in [3.63, 3.8) is 0 Å². The van der Waals surface area contributed by atoms with Gasteiger partial charge in [0.25, 0.3) is 5.91 Å². The number of hydrazone groups is 1. The number of nitrogens with one attached hydrogen (secondary N) is 1. The largest absolute Gasteiger partial charge is 0.455 e. The van der Waals surface area contributed by atoms with Crippen molar-refractivity contribution in [3.8, 4) is 11.3 Å². The molecule has 1 fully saturated rings. The fraction of sp³-hybridized carbons (Fsp3) is 0.133. The zero-order valence-electron chi connectivity index (χ0n) is 12.3. The van der Waals surface area contributed by atoms with Crippen LogP contribution in [0.15, 0.2) is 45.9 Å². The molecule has 2 heterocycles. The minimum absolute atomic E-state index is 0.117. The lowest BCUT2D eigenvalue weighted by Crippen LogP contribution is -2.30. The molecule has 130 valence electrons. The molecule has 2 N–H and O–H groups in total. The Morgan fingerprint density at radius 3 is 2.64 bits per heavy atom. The van der Waals surface area contributed by atoms with Crippen molar-refractivity contribution < 1.29 is 32.3 Å². The van der Waals surface area contributed by atoms with E-state index in [0.717, 1.165) is 18.3 Å². The van der Waals surface area contributed by atoms with Crippen molar-refractivity contribution in [1.82, 2.24) is 10.3 Å². The summed E-state index contributed by atoms with van der Waals surface area (Å²) < 4.78 is 43.6. The quantitative estimate of drug-likeness (QED) is 0.653. The summed E-state index contributed by atoms with van der Waals surface area (Å²) in [5.74, 6) is -0.631. The number of furan rings is 1. The van der Waals surface area contributed by atoms with Crippen LogP contribution < -0.4 is 5.32 Å². The summed E-state index contributed by atoms with van der Waals surface area (Å²) >= 11 is 0. The Bertz CT molecular complexity index is 860. The summed E-state index contributed by atoms with van der Waals surface area (Å²) in [5.41, 5.74) is -0.601. The third-order valence-electron chi connectivity index (χ3n) is 3.31. The molecule has 1 unspecified atom stereocenters. The molecule has 3 amide bonds. The van der Waals surface area contributed by atoms with E-state index in [1.807, 2.05) is 5.32 Å². The maximum atomic E-state index is 12.7. The van der Waals surface area contributed by atoms with Crippen molar-refractivity contribution in [3.05, 3.63) is 47.7 Å². The van der Waals surface area contributed by atoms with Crippen molar-refractivity contribution >= 4 is 18.2 Å². The van der Waals surface area contributed by atoms with Crippen LogP contribution in [0.2, 0.25) is 0 Å². The van der Waals surface area contributed by atoms with Crippen molar-refractivity contribution in [2.75, 3.05) is 0 Å². The lowest BCUT2D eigenvalue weighted by Gasteiger charge is -2.09. The van der Waals surface area contributed by atoms with E-state index < -0.39 is 29.9 Å². The molecule has 1 aromatic heterocycles. The van der Waals surface area contributed by atoms with Gasteiger partial charge < -0.3 is 9.52 Å². The molecule has 0 bridgehead atoms. The van der Waals surface area contributed by atoms with Crippen LogP contribution in [-0.2, 0) is 11.0 Å². The summed E-state index contributed by atoms with van der Waals surface area (Å²) in [4.78, 5) is 22.5. The highest BCUT2D eigenvalue weighted by Crippen LogP contribution is 2.32. The van der Waals surface area contributed by atoms with E-state index in [1.54, 1.807) is 0 Å². The van der Waals surface area contributed by atoms with Gasteiger partial charge in [-0.15, -0.1) is 0 Å². The number of aliphatic hydroxyl groups is 1. The van der Waals surface area contributed by atoms with Gasteiger partial charge in [0.2, 0.25) is 6.23 Å². The van der Waals surface area contributed by atoms with Crippen LogP contribution in [0.1, 0.15) is 11.3 Å². The summed E-state index contributed by atoms with van der Waals surface area (Å²) in [6.07, 6.45) is -5.17. The predicted octanol–water partition coefficient (Wildman–Crippen LogP) is 2.17. The number of alkyl halides is 3. The maximum absolute atomic E-state index is 12.7. The average molecular weight is 353 g/mol. The molecule has 3 rings (SSSR count). The summed E-state index contributed by atoms with van der Waals surface area (Å²) in [7, 11) is 0. The lowest BCUT2D eigenvalue weighted by atomic mass is 10.1. The van der Waals surface area contributed by atoms with E-state index in [4.69, 9.17) is 4.42 Å². The highest BCUT2D eigenvalue weighted by molar-refractivity contribution is 6.03. The van der Waals surface area contributed by atoms with Crippen LogP contribution in [0.25, 0.3) is 11.3 Å². The second kappa shape index (κ2) is 6.06. The molecule has 0 radical (unpaired) electrons. The van der Waals surface area contributed by atoms with E-state index in [9.17, 15) is 27.9 Å². The van der Waals surface area contributed by atoms with Gasteiger partial charge in [0.05, 0.1) is 11.8 Å². The summed E-state index contributed by atoms with van der Waals surface area (Å²) in [6.45, 7) is 0. The summed E-state index contributed by atoms with van der Waals surface area (Å²) in [5, 5.41) is 15.4. The molecule has 2 aromatic rings. The number of amides is 3. The van der Waals surface area contributed by atoms with Crippen molar-refractivity contribution in [2.45, 2.75) is 12.4 Å². The molecule has 1 aliphatic heterocycles. The van der Waals surface area contributed by atoms with E-state index in [1.165, 1.54) is 24.3 Å². The number of halogens is 3. The third kappa shape index (κ3) is 3.38. The highest BCUT2D eigenvalue weighted by atomic mass is 19.4. The van der Waals surface area contributed by atoms with Crippen LogP contribution >= 0.6 is 0 Å². The first-order chi connectivity index (χ1) is 11.8. The number of rotatable bonds is 3. The first-order valence-corrected chi connectivity index (χ1v) is 6.89. The number of carbonyl (C=O) groups is 2. The monoisotopic (exact) mass is 353 g/mol. The lowest BCUT2D eigenvalue weighted by molar-refractivity contribution is -0.137. The van der Waals surface area contributed by atoms with Gasteiger partial charge in [-0.3, -0.25) is 10.1 Å². The normalized spacial score (nSPS) is 18.2. The number of benzene rings is 1. The zero-order chi connectivity index (χ0) is 18.2. The van der Waals surface area contributed by atoms with Crippen molar-refractivity contribution in [2.24, 2.45) is 5.10 Å². The van der Waals surface area contributed by atoms with Crippen LogP contribution in [0.3, 0.4) is 0 Å². The van der Waals surface area contributed by atoms with Gasteiger partial charge in [0.1, 0.15) is 11.5 Å². The van der Waals surface area contributed by atoms with Gasteiger partial charge in [-0.25, -0.2) is 4.79 Å². The van der Waals surface area contributed by atoms with E-state index in [-0.39, 0.29) is 17.1 Å². The van der Waals surface area contributed by atoms with Gasteiger partial charge in [0.15, 0.2) is 0 Å². The van der Waals surface area contributed by atoms with Gasteiger partial charge in [-0.2, -0.15) is 23.3 Å². The molecule has 0 aliphatic carbocycles. The molecular formula is C15H10F3N3O4. The zero-order valence-corrected chi connectivity index (χ0v) is 12.3. The molecule has 1 aromatic carbocycles. The molecule has 0 saturated carbocycles. The Kier molecular flexibility index (Phi) is 4.05. The first kappa shape index (κ1) is 16.7. The van der Waals surface area contributed by atoms with Crippen LogP contribution in [0, 0.1) is 0 Å². The van der Waals surface area contributed by atoms with Gasteiger partial charge >= 0.3 is 12.2 Å². The molecule has 25 heavy (non-hydrogen) atoms. The molecule has 0 spiro atoms. The molecular weight excluding hydrogens is 343 g/mol. The number of carbonyl (C=O) groups excluding carboxylic acids is 2. The van der Waals surface area contributed by atoms with Crippen molar-refractivity contribution in [1.29, 1.82) is 0 Å². The van der Waals surface area contributed by atoms with E-state index >= 15 is 0 Å². The van der Waals surface area contributed by atoms with Crippen LogP contribution in [0.5, 0.6) is 0 Å². The minimum atomic E-state index is -4.47. The summed E-state index contributed by atoms with van der Waals surface area (Å²) in [6, 6.07) is 6.54. The SMILES string of the molecule is O=C1NC(=O)N(/N=C/c2ccc(-c3cccc(C(F)(F)F)c3)o2)C1O. The number of aliphatic hydroxyl groups excluding tert-OH is 1. The Balaban J connectivity index is 1.80. The second-order valence-electron chi connectivity index (χ2n) is 5.04. The standard InChI is InChI=1S/C15H10F3N3O4/c16-15(17,18)9-3-1-2-8(6-9)11-5-4-10(25-11)7-19-21-13(23)12(22)20-14(21)24/h1-7,13,23H,(H,20,22,24)/b19-7+. The number of imide groups is 1. The van der Waals surface area contributed by atoms with E-state index in [2.05, 4.69) is 5.10 Å².